The van der Waals surface area contributed by atoms with Gasteiger partial charge in [-0.2, -0.15) is 0 Å². The van der Waals surface area contributed by atoms with E-state index in [1.54, 1.807) is 13.8 Å². The maximum atomic E-state index is 12.0. The quantitative estimate of drug-likeness (QED) is 0.303. The van der Waals surface area contributed by atoms with Gasteiger partial charge in [-0.05, 0) is 87.3 Å². The molecular formula is C32H39NO4. The maximum Gasteiger partial charge on any atom is 0.313 e. The van der Waals surface area contributed by atoms with E-state index >= 15 is 0 Å². The van der Waals surface area contributed by atoms with Crippen LogP contribution in [0.3, 0.4) is 0 Å². The molecule has 3 aromatic carbocycles. The van der Waals surface area contributed by atoms with Crippen molar-refractivity contribution in [3.8, 4) is 0 Å². The molecule has 0 saturated carbocycles. The summed E-state index contributed by atoms with van der Waals surface area (Å²) in [7, 11) is 0. The van der Waals surface area contributed by atoms with Crippen molar-refractivity contribution in [1.29, 1.82) is 4.29 Å². The zero-order valence-electron chi connectivity index (χ0n) is 24.8. The molecule has 0 aromatic heterocycles. The molecule has 3 aromatic rings. The average Bonchev–Trinajstić information content (AvgIpc) is 3.01. The van der Waals surface area contributed by atoms with E-state index in [0.29, 0.717) is 6.42 Å². The molecule has 1 unspecified atom stereocenters. The number of rotatable bonds is 12. The number of benzene rings is 3. The summed E-state index contributed by atoms with van der Waals surface area (Å²) in [6.07, 6.45) is 3.05. The Hall–Kier alpha value is -2.99. The topological polar surface area (TPSA) is 81.0 Å². The van der Waals surface area contributed by atoms with E-state index in [4.69, 9.17) is 14.5 Å². The van der Waals surface area contributed by atoms with Crippen molar-refractivity contribution in [3.05, 3.63) is 107 Å². The number of aliphatic hydroxyl groups is 2. The predicted octanol–water partition coefficient (Wildman–Crippen LogP) is 5.51. The van der Waals surface area contributed by atoms with Crippen molar-refractivity contribution < 1.29 is 20.1 Å². The van der Waals surface area contributed by atoms with Crippen LogP contribution >= 0.6 is 0 Å². The molecule has 0 aliphatic carbocycles. The van der Waals surface area contributed by atoms with E-state index in [0.717, 1.165) is 61.2 Å². The van der Waals surface area contributed by atoms with Crippen molar-refractivity contribution >= 4 is 5.97 Å². The monoisotopic (exact) mass is 504 g/mol. The van der Waals surface area contributed by atoms with Gasteiger partial charge in [0.25, 0.3) is 1.43 Å². The van der Waals surface area contributed by atoms with Crippen LogP contribution in [0, 0.1) is 5.92 Å². The van der Waals surface area contributed by atoms with Gasteiger partial charge >= 0.3 is 5.97 Å². The molecule has 1 aliphatic heterocycles. The first kappa shape index (κ1) is 23.2. The van der Waals surface area contributed by atoms with Gasteiger partial charge in [0.15, 0.2) is 0 Å². The molecule has 3 N–H and O–H groups in total. The second-order valence-electron chi connectivity index (χ2n) is 10.7. The molecule has 37 heavy (non-hydrogen) atoms. The number of likely N-dealkylation sites (tertiary alicyclic amines) is 1. The Kier molecular flexibility index (Phi) is 7.25. The number of hydrogen-bond donors (Lipinski definition) is 3. The highest BCUT2D eigenvalue weighted by Crippen LogP contribution is 2.42. The molecule has 4 rings (SSSR count). The smallest absolute Gasteiger partial charge is 0.313 e. The van der Waals surface area contributed by atoms with Crippen LogP contribution in [0.15, 0.2) is 84.9 Å². The Labute approximate surface area is 224 Å². The van der Waals surface area contributed by atoms with Gasteiger partial charge in [0.05, 0.1) is 11.5 Å². The summed E-state index contributed by atoms with van der Waals surface area (Å²) < 4.78 is 22.8. The molecule has 1 aliphatic rings. The van der Waals surface area contributed by atoms with Crippen LogP contribution in [-0.4, -0.2) is 48.7 Å². The normalized spacial score (nSPS) is 17.4. The SMILES string of the molecule is [2H]OC(=O)C(C)(C)c1ccc(C(CCCN2CCC(C(O[2H])(c3ccccc3)c3ccccc3)CC2)O[2H])cc1. The van der Waals surface area contributed by atoms with Crippen LogP contribution in [0.25, 0.3) is 1.43 Å². The van der Waals surface area contributed by atoms with Gasteiger partial charge in [0.2, 0.25) is 2.86 Å². The fourth-order valence-corrected chi connectivity index (χ4v) is 5.47. The number of hydrogen-bond acceptors (Lipinski definition) is 5. The molecule has 0 bridgehead atoms. The lowest BCUT2D eigenvalue weighted by Gasteiger charge is -2.42. The highest BCUT2D eigenvalue weighted by atomic mass is 16.4. The van der Waals surface area contributed by atoms with Crippen molar-refractivity contribution in [2.45, 2.75) is 56.7 Å². The Morgan fingerprint density at radius 1 is 0.919 bits per heavy atom. The van der Waals surface area contributed by atoms with Crippen LogP contribution in [0.4, 0.5) is 0 Å². The van der Waals surface area contributed by atoms with Crippen molar-refractivity contribution in [2.24, 2.45) is 5.92 Å². The number of aliphatic carboxylic acids is 1. The van der Waals surface area contributed by atoms with E-state index < -0.39 is 17.0 Å². The van der Waals surface area contributed by atoms with Gasteiger partial charge in [-0.15, -0.1) is 0 Å². The number of nitrogens with zero attached hydrogens (tertiary/aromatic N) is 1. The lowest BCUT2D eigenvalue weighted by molar-refractivity contribution is -0.142. The van der Waals surface area contributed by atoms with Gasteiger partial charge in [-0.1, -0.05) is 84.9 Å². The third-order valence-electron chi connectivity index (χ3n) is 8.02. The summed E-state index contributed by atoms with van der Waals surface area (Å²) in [4.78, 5) is 14.4. The largest absolute Gasteiger partial charge is 0.481 e. The maximum absolute atomic E-state index is 12.0. The first-order valence-corrected chi connectivity index (χ1v) is 13.2. The third kappa shape index (κ3) is 5.96. The van der Waals surface area contributed by atoms with Crippen molar-refractivity contribution in [3.63, 3.8) is 0 Å². The lowest BCUT2D eigenvalue weighted by Crippen LogP contribution is -2.44. The Morgan fingerprint density at radius 3 is 2.03 bits per heavy atom. The average molecular weight is 505 g/mol. The second-order valence-corrected chi connectivity index (χ2v) is 10.7. The van der Waals surface area contributed by atoms with Gasteiger partial charge in [0, 0.05) is 0 Å². The molecule has 1 saturated heterocycles. The number of carboxylic acid groups (broad SMARTS) is 1. The fourth-order valence-electron chi connectivity index (χ4n) is 5.47. The molecule has 1 atom stereocenters. The molecule has 5 nitrogen and oxygen atoms in total. The zero-order chi connectivity index (χ0) is 28.6. The first-order chi connectivity index (χ1) is 19.4. The van der Waals surface area contributed by atoms with Crippen LogP contribution < -0.4 is 0 Å². The van der Waals surface area contributed by atoms with Crippen molar-refractivity contribution in [2.75, 3.05) is 19.6 Å². The van der Waals surface area contributed by atoms with Crippen LogP contribution in [0.5, 0.6) is 0 Å². The van der Waals surface area contributed by atoms with Gasteiger partial charge in [0.1, 0.15) is 5.60 Å². The lowest BCUT2D eigenvalue weighted by atomic mass is 9.72. The molecule has 0 radical (unpaired) electrons. The summed E-state index contributed by atoms with van der Waals surface area (Å²) in [5.74, 6) is -0.443. The highest BCUT2D eigenvalue weighted by molar-refractivity contribution is 5.80. The summed E-state index contributed by atoms with van der Waals surface area (Å²) in [6.45, 7) is 6.18. The second kappa shape index (κ2) is 11.6. The van der Waals surface area contributed by atoms with Gasteiger partial charge in [-0.3, -0.25) is 4.79 Å². The van der Waals surface area contributed by atoms with Crippen LogP contribution in [-0.2, 0) is 15.8 Å². The van der Waals surface area contributed by atoms with Gasteiger partial charge in [-0.25, -0.2) is 0 Å². The molecule has 0 spiro atoms. The summed E-state index contributed by atoms with van der Waals surface area (Å²) in [5, 5.41) is 14.9. The van der Waals surface area contributed by atoms with Gasteiger partial charge < -0.3 is 20.2 Å². The summed E-state index contributed by atoms with van der Waals surface area (Å²) in [5.41, 5.74) is 1.92. The van der Waals surface area contributed by atoms with Crippen molar-refractivity contribution in [1.82, 2.24) is 4.90 Å². The minimum absolute atomic E-state index is 0.172. The first-order valence-electron chi connectivity index (χ1n) is 14.5. The molecule has 5 heteroatoms. The van der Waals surface area contributed by atoms with Crippen LogP contribution in [0.2, 0.25) is 0 Å². The van der Waals surface area contributed by atoms with Crippen LogP contribution in [0.1, 0.15) is 67.9 Å². The standard InChI is InChI=1S/C32H39NO4/c1-31(2,30(35)36)25-17-15-24(16-18-25)29(34)14-9-21-33-22-19-28(20-23-33)32(37,26-10-5-3-6-11-26)27-12-7-4-8-13-27/h3-8,10-13,15-18,28-29,34,37H,9,14,19-23H2,1-2H3,(H,35,36)/i34D,37D/hD. The molecule has 196 valence electrons. The Bertz CT molecular complexity index is 1160. The Balaban J connectivity index is 1.35. The van der Waals surface area contributed by atoms with E-state index in [1.165, 1.54) is 0 Å². The predicted molar refractivity (Wildman–Crippen MR) is 146 cm³/mol. The molecule has 1 heterocycles. The van der Waals surface area contributed by atoms with E-state index in [-0.39, 0.29) is 12.0 Å². The molecule has 0 amide bonds. The minimum atomic E-state index is -0.923. The third-order valence-corrected chi connectivity index (χ3v) is 8.02. The molecular weight excluding hydrogens is 462 g/mol. The minimum Gasteiger partial charge on any atom is -0.481 e. The number of carboxylic acids is 1. The summed E-state index contributed by atoms with van der Waals surface area (Å²) >= 11 is 0. The molecule has 1 fully saturated rings. The Morgan fingerprint density at radius 2 is 1.51 bits per heavy atom. The number of carbonyl (C=O) groups is 1. The van der Waals surface area contributed by atoms with E-state index in [2.05, 4.69) is 34.3 Å². The number of piperidine rings is 1. The highest BCUT2D eigenvalue weighted by Gasteiger charge is 2.41. The van der Waals surface area contributed by atoms with E-state index in [1.807, 2.05) is 60.7 Å². The van der Waals surface area contributed by atoms with E-state index in [9.17, 15) is 4.79 Å². The summed E-state index contributed by atoms with van der Waals surface area (Å²) in [6, 6.07) is 27.7. The zero-order valence-corrected chi connectivity index (χ0v) is 21.8. The number of aliphatic hydroxyl groups excluding tert-OH is 1. The fraction of sp³-hybridized carbons (Fsp3) is 0.406.